The second-order valence-electron chi connectivity index (χ2n) is 11.5. The Kier molecular flexibility index (Phi) is 12.2. The summed E-state index contributed by atoms with van der Waals surface area (Å²) in [7, 11) is 2.66. The molecule has 4 rings (SSSR count). The summed E-state index contributed by atoms with van der Waals surface area (Å²) in [5, 5.41) is 9.01. The molecule has 20 heteroatoms. The second kappa shape index (κ2) is 15.9. The average molecular weight is 738 g/mol. The maximum absolute atomic E-state index is 13.6. The first kappa shape index (κ1) is 37.5. The third kappa shape index (κ3) is 9.03. The quantitative estimate of drug-likeness (QED) is 0.0602. The van der Waals surface area contributed by atoms with Gasteiger partial charge in [0.15, 0.2) is 16.9 Å². The van der Waals surface area contributed by atoms with Crippen molar-refractivity contribution >= 4 is 82.9 Å². The van der Waals surface area contributed by atoms with E-state index in [1.807, 2.05) is 0 Å². The monoisotopic (exact) mass is 737 g/mol. The Morgan fingerprint density at radius 2 is 1.94 bits per heavy atom. The molecule has 1 unspecified atom stereocenters. The third-order valence-electron chi connectivity index (χ3n) is 6.78. The maximum Gasteiger partial charge on any atom is 0.413 e. The van der Waals surface area contributed by atoms with Crippen LogP contribution in [0.5, 0.6) is 5.75 Å². The number of thiazole rings is 1. The van der Waals surface area contributed by atoms with Crippen LogP contribution in [0.4, 0.5) is 9.93 Å². The summed E-state index contributed by atoms with van der Waals surface area (Å²) < 4.78 is 33.7. The van der Waals surface area contributed by atoms with E-state index in [-0.39, 0.29) is 40.3 Å². The van der Waals surface area contributed by atoms with Crippen molar-refractivity contribution < 1.29 is 52.2 Å². The Morgan fingerprint density at radius 1 is 1.24 bits per heavy atom. The normalized spacial score (nSPS) is 19.6. The molecular formula is C29H33BClN5O11S2. The molecular weight excluding hydrogens is 705 g/mol. The van der Waals surface area contributed by atoms with Crippen molar-refractivity contribution in [2.45, 2.75) is 57.4 Å². The lowest BCUT2D eigenvalue weighted by molar-refractivity contribution is -0.153. The van der Waals surface area contributed by atoms with Gasteiger partial charge in [-0.25, -0.2) is 19.4 Å². The molecule has 3 heterocycles. The van der Waals surface area contributed by atoms with Gasteiger partial charge in [-0.15, -0.1) is 22.9 Å². The van der Waals surface area contributed by atoms with Crippen molar-refractivity contribution in [3.63, 3.8) is 0 Å². The number of nitrogens with zero attached hydrogens (tertiary/aromatic N) is 3. The minimum Gasteiger partial charge on any atom is -0.614 e. The number of esters is 1. The summed E-state index contributed by atoms with van der Waals surface area (Å²) in [6, 6.07) is 5.45. The molecule has 49 heavy (non-hydrogen) atoms. The van der Waals surface area contributed by atoms with Gasteiger partial charge in [-0.3, -0.25) is 19.8 Å². The van der Waals surface area contributed by atoms with Gasteiger partial charge in [0.1, 0.15) is 35.1 Å². The molecule has 2 aliphatic heterocycles. The molecule has 262 valence electrons. The van der Waals surface area contributed by atoms with Crippen LogP contribution >= 0.6 is 22.9 Å². The van der Waals surface area contributed by atoms with Gasteiger partial charge in [0, 0.05) is 11.0 Å². The fraction of sp³-hybridized carbons (Fsp3) is 0.414. The number of anilines is 1. The van der Waals surface area contributed by atoms with E-state index in [1.165, 1.54) is 19.4 Å². The first-order valence-electron chi connectivity index (χ1n) is 14.5. The van der Waals surface area contributed by atoms with E-state index in [0.29, 0.717) is 11.3 Å². The van der Waals surface area contributed by atoms with E-state index >= 15 is 0 Å². The van der Waals surface area contributed by atoms with Crippen LogP contribution in [-0.2, 0) is 55.9 Å². The number of oxime groups is 1. The highest BCUT2D eigenvalue weighted by atomic mass is 35.5. The molecule has 0 radical (unpaired) electrons. The molecule has 0 spiro atoms. The standard InChI is InChI=1S/C29H33BClN5O11S2/c1-14(25(39)46-30)47-35-19(18-12-48-27(32-18)34-28(41)45-29(2,3)4)22(37)33-20-23(38)36-21(16(10-31)13-49(42)24(20)36)26(40)44-11-15-6-8-17(43-5)9-7-15/h6-9,12,14,20,24H,10-11,13,30H2,1-5H3,(H,33,37)(H,32,34,41)/b35-19-/t14-,20-,24-,49?/m1/s1. The number of alkyl halides is 1. The number of halogens is 1. The number of ether oxygens (including phenoxy) is 3. The number of nitrogens with one attached hydrogen (secondary N) is 2. The van der Waals surface area contributed by atoms with E-state index in [0.717, 1.165) is 24.3 Å². The number of aromatic nitrogens is 1. The molecule has 16 nitrogen and oxygen atoms in total. The number of hydrogen-bond donors (Lipinski definition) is 2. The highest BCUT2D eigenvalue weighted by Crippen LogP contribution is 2.37. The molecule has 0 bridgehead atoms. The first-order valence-corrected chi connectivity index (χ1v) is 17.3. The van der Waals surface area contributed by atoms with Crippen molar-refractivity contribution in [3.05, 3.63) is 52.2 Å². The van der Waals surface area contributed by atoms with Crippen LogP contribution in [-0.4, -0.2) is 99.9 Å². The van der Waals surface area contributed by atoms with Crippen LogP contribution in [0.3, 0.4) is 0 Å². The highest BCUT2D eigenvalue weighted by Gasteiger charge is 2.61. The van der Waals surface area contributed by atoms with Gasteiger partial charge in [0.2, 0.25) is 11.5 Å². The number of carbonyl (C=O) groups is 5. The number of amides is 3. The zero-order chi connectivity index (χ0) is 36.0. The molecule has 0 aliphatic carbocycles. The van der Waals surface area contributed by atoms with Crippen LogP contribution in [0.15, 0.2) is 46.1 Å². The van der Waals surface area contributed by atoms with Gasteiger partial charge in [-0.05, 0) is 56.6 Å². The highest BCUT2D eigenvalue weighted by molar-refractivity contribution is 7.92. The molecule has 1 aromatic carbocycles. The number of carbonyl (C=O) groups excluding carboxylic acids is 5. The van der Waals surface area contributed by atoms with Gasteiger partial charge in [0.05, 0.1) is 13.0 Å². The van der Waals surface area contributed by atoms with Crippen LogP contribution < -0.4 is 15.4 Å². The number of benzene rings is 1. The van der Waals surface area contributed by atoms with Crippen molar-refractivity contribution in [2.24, 2.45) is 5.16 Å². The topological polar surface area (TPSA) is 207 Å². The zero-order valence-corrected chi connectivity index (χ0v) is 29.7. The van der Waals surface area contributed by atoms with Gasteiger partial charge in [0.25, 0.3) is 11.8 Å². The number of rotatable bonds is 12. The summed E-state index contributed by atoms with van der Waals surface area (Å²) in [4.78, 5) is 74.8. The Morgan fingerprint density at radius 3 is 2.55 bits per heavy atom. The lowest BCUT2D eigenvalue weighted by atomic mass is 10.0. The summed E-state index contributed by atoms with van der Waals surface area (Å²) in [5.74, 6) is -3.11. The van der Waals surface area contributed by atoms with Gasteiger partial charge in [-0.1, -0.05) is 17.3 Å². The van der Waals surface area contributed by atoms with Gasteiger partial charge < -0.3 is 33.6 Å². The van der Waals surface area contributed by atoms with Crippen molar-refractivity contribution in [2.75, 3.05) is 24.1 Å². The van der Waals surface area contributed by atoms with Crippen molar-refractivity contribution in [1.82, 2.24) is 15.2 Å². The molecule has 3 amide bonds. The summed E-state index contributed by atoms with van der Waals surface area (Å²) in [6.07, 6.45) is -2.03. The number of methoxy groups -OCH3 is 1. The molecule has 2 aromatic rings. The third-order valence-corrected chi connectivity index (χ3v) is 9.51. The van der Waals surface area contributed by atoms with Gasteiger partial charge in [-0.2, -0.15) is 0 Å². The molecule has 2 N–H and O–H groups in total. The number of hydrogen-bond acceptors (Lipinski definition) is 14. The molecule has 1 fully saturated rings. The van der Waals surface area contributed by atoms with Crippen LogP contribution in [0.1, 0.15) is 39.0 Å². The SMILES string of the molecule is BOC(=O)[C@@H](C)O/N=C(\C(=O)N[C@@H]1C(=O)N2C(C(=O)OCc3ccc(OC)cc3)=C(CCl)C[S+]([O-])[C@H]12)c1csc(NC(=O)OC(C)(C)C)n1. The van der Waals surface area contributed by atoms with Crippen LogP contribution in [0.25, 0.3) is 0 Å². The van der Waals surface area contributed by atoms with E-state index in [4.69, 9.17) is 30.6 Å². The van der Waals surface area contributed by atoms with E-state index in [1.54, 1.807) is 45.0 Å². The molecule has 1 saturated heterocycles. The summed E-state index contributed by atoms with van der Waals surface area (Å²) >= 11 is 5.24. The Bertz CT molecular complexity index is 1660. The van der Waals surface area contributed by atoms with Gasteiger partial charge >= 0.3 is 26.1 Å². The van der Waals surface area contributed by atoms with E-state index < -0.39 is 69.9 Å². The predicted octanol–water partition coefficient (Wildman–Crippen LogP) is 1.35. The zero-order valence-electron chi connectivity index (χ0n) is 27.3. The van der Waals surface area contributed by atoms with E-state index in [2.05, 4.69) is 25.4 Å². The van der Waals surface area contributed by atoms with Crippen molar-refractivity contribution in [1.29, 1.82) is 0 Å². The van der Waals surface area contributed by atoms with Crippen LogP contribution in [0, 0.1) is 0 Å². The predicted molar refractivity (Wildman–Crippen MR) is 180 cm³/mol. The fourth-order valence-electron chi connectivity index (χ4n) is 4.47. The number of β-lactam (4-membered cyclic amide) rings is 1. The molecule has 1 aromatic heterocycles. The maximum atomic E-state index is 13.6. The molecule has 4 atom stereocenters. The minimum absolute atomic E-state index is 0.0431. The summed E-state index contributed by atoms with van der Waals surface area (Å²) in [5.41, 5.74) is -0.609. The fourth-order valence-corrected chi connectivity index (χ4v) is 7.17. The van der Waals surface area contributed by atoms with Crippen LogP contribution in [0.2, 0.25) is 0 Å². The number of fused-ring (bicyclic) bond motifs is 1. The van der Waals surface area contributed by atoms with Crippen molar-refractivity contribution in [3.8, 4) is 5.75 Å². The molecule has 0 saturated carbocycles. The lowest BCUT2D eigenvalue weighted by Crippen LogP contribution is -2.75. The lowest BCUT2D eigenvalue weighted by Gasteiger charge is -2.49. The summed E-state index contributed by atoms with van der Waals surface area (Å²) in [6.45, 7) is 6.24. The van der Waals surface area contributed by atoms with E-state index in [9.17, 15) is 28.5 Å². The Hall–Kier alpha value is -4.33. The molecule has 2 aliphatic rings. The smallest absolute Gasteiger partial charge is 0.413 e. The second-order valence-corrected chi connectivity index (χ2v) is 14.1. The average Bonchev–Trinajstić information content (AvgIpc) is 3.51. The largest absolute Gasteiger partial charge is 0.614 e. The Labute approximate surface area is 294 Å². The Balaban J connectivity index is 1.53. The first-order chi connectivity index (χ1) is 23.2. The minimum atomic E-state index is -1.77.